The fraction of sp³-hybridized carbons (Fsp3) is 0.900. The summed E-state index contributed by atoms with van der Waals surface area (Å²) >= 11 is 0. The van der Waals surface area contributed by atoms with Crippen LogP contribution in [0.4, 0.5) is 0 Å². The van der Waals surface area contributed by atoms with Crippen molar-refractivity contribution in [3.05, 3.63) is 0 Å². The first-order valence-electron chi connectivity index (χ1n) is 5.04. The average molecular weight is 187 g/mol. The van der Waals surface area contributed by atoms with E-state index in [0.29, 0.717) is 12.3 Å². The maximum Gasteiger partial charge on any atom is 0.320 e. The Balaban J connectivity index is 3.74. The van der Waals surface area contributed by atoms with Crippen LogP contribution >= 0.6 is 0 Å². The van der Waals surface area contributed by atoms with Gasteiger partial charge < -0.3 is 10.4 Å². The van der Waals surface area contributed by atoms with Gasteiger partial charge in [0.15, 0.2) is 0 Å². The Morgan fingerprint density at radius 2 is 2.08 bits per heavy atom. The number of hydrogen-bond acceptors (Lipinski definition) is 2. The number of carboxylic acid groups (broad SMARTS) is 1. The molecule has 0 aromatic carbocycles. The zero-order chi connectivity index (χ0) is 10.3. The Labute approximate surface area is 80.5 Å². The molecule has 0 rings (SSSR count). The number of nitrogens with one attached hydrogen (secondary N) is 1. The van der Waals surface area contributed by atoms with Gasteiger partial charge in [-0.15, -0.1) is 0 Å². The van der Waals surface area contributed by atoms with Crippen molar-refractivity contribution in [3.63, 3.8) is 0 Å². The van der Waals surface area contributed by atoms with E-state index in [1.165, 1.54) is 0 Å². The number of carboxylic acids is 1. The van der Waals surface area contributed by atoms with E-state index in [-0.39, 0.29) is 6.04 Å². The summed E-state index contributed by atoms with van der Waals surface area (Å²) in [6, 6.07) is -0.369. The molecule has 3 heteroatoms. The smallest absolute Gasteiger partial charge is 0.320 e. The highest BCUT2D eigenvalue weighted by atomic mass is 16.4. The second kappa shape index (κ2) is 6.89. The number of unbranched alkanes of at least 4 members (excludes halogenated alkanes) is 1. The van der Waals surface area contributed by atoms with Crippen LogP contribution in [0.1, 0.15) is 40.0 Å². The summed E-state index contributed by atoms with van der Waals surface area (Å²) in [6.45, 7) is 6.98. The van der Waals surface area contributed by atoms with Crippen LogP contribution in [0.3, 0.4) is 0 Å². The van der Waals surface area contributed by atoms with Crippen LogP contribution in [-0.2, 0) is 4.79 Å². The minimum absolute atomic E-state index is 0.369. The van der Waals surface area contributed by atoms with Crippen LogP contribution in [0.2, 0.25) is 0 Å². The summed E-state index contributed by atoms with van der Waals surface area (Å²) in [7, 11) is 0. The number of hydrogen-bond donors (Lipinski definition) is 2. The Morgan fingerprint density at radius 3 is 2.46 bits per heavy atom. The SMILES string of the molecule is CCCCNC(CC(C)C)C(=O)O. The molecule has 0 heterocycles. The molecule has 13 heavy (non-hydrogen) atoms. The molecule has 0 aliphatic rings. The third-order valence-corrected chi connectivity index (χ3v) is 1.93. The lowest BCUT2D eigenvalue weighted by molar-refractivity contribution is -0.139. The summed E-state index contributed by atoms with van der Waals surface area (Å²) in [6.07, 6.45) is 2.85. The molecule has 0 saturated carbocycles. The van der Waals surface area contributed by atoms with Crippen LogP contribution in [0.25, 0.3) is 0 Å². The van der Waals surface area contributed by atoms with Gasteiger partial charge in [0.25, 0.3) is 0 Å². The first kappa shape index (κ1) is 12.4. The Kier molecular flexibility index (Phi) is 6.59. The predicted octanol–water partition coefficient (Wildman–Crippen LogP) is 1.88. The molecule has 0 saturated heterocycles. The second-order valence-corrected chi connectivity index (χ2v) is 3.83. The molecule has 0 radical (unpaired) electrons. The molecule has 0 bridgehead atoms. The van der Waals surface area contributed by atoms with Crippen molar-refractivity contribution >= 4 is 5.97 Å². The van der Waals surface area contributed by atoms with Crippen LogP contribution in [-0.4, -0.2) is 23.7 Å². The van der Waals surface area contributed by atoms with Gasteiger partial charge in [-0.1, -0.05) is 27.2 Å². The molecule has 3 nitrogen and oxygen atoms in total. The fourth-order valence-electron chi connectivity index (χ4n) is 1.20. The number of aliphatic carboxylic acids is 1. The average Bonchev–Trinajstić information content (AvgIpc) is 2.02. The summed E-state index contributed by atoms with van der Waals surface area (Å²) < 4.78 is 0. The molecule has 0 fully saturated rings. The van der Waals surface area contributed by atoms with E-state index in [0.717, 1.165) is 19.4 Å². The third kappa shape index (κ3) is 6.58. The van der Waals surface area contributed by atoms with E-state index < -0.39 is 5.97 Å². The van der Waals surface area contributed by atoms with Crippen molar-refractivity contribution in [2.24, 2.45) is 5.92 Å². The van der Waals surface area contributed by atoms with E-state index in [2.05, 4.69) is 12.2 Å². The Bertz CT molecular complexity index is 146. The topological polar surface area (TPSA) is 49.3 Å². The molecule has 0 aliphatic heterocycles. The molecular formula is C10H21NO2. The van der Waals surface area contributed by atoms with Crippen molar-refractivity contribution in [1.29, 1.82) is 0 Å². The normalized spacial score (nSPS) is 13.2. The largest absolute Gasteiger partial charge is 0.480 e. The van der Waals surface area contributed by atoms with Crippen molar-refractivity contribution in [2.45, 2.75) is 46.1 Å². The lowest BCUT2D eigenvalue weighted by Crippen LogP contribution is -2.38. The highest BCUT2D eigenvalue weighted by Gasteiger charge is 2.17. The molecule has 1 unspecified atom stereocenters. The first-order valence-corrected chi connectivity index (χ1v) is 5.04. The Morgan fingerprint density at radius 1 is 1.46 bits per heavy atom. The van der Waals surface area contributed by atoms with E-state index >= 15 is 0 Å². The molecule has 2 N–H and O–H groups in total. The van der Waals surface area contributed by atoms with E-state index in [1.54, 1.807) is 0 Å². The van der Waals surface area contributed by atoms with Gasteiger partial charge in [-0.25, -0.2) is 0 Å². The summed E-state index contributed by atoms with van der Waals surface area (Å²) in [5, 5.41) is 11.9. The van der Waals surface area contributed by atoms with Gasteiger partial charge in [-0.05, 0) is 25.3 Å². The van der Waals surface area contributed by atoms with Gasteiger partial charge in [-0.2, -0.15) is 0 Å². The molecule has 0 aromatic rings. The summed E-state index contributed by atoms with van der Waals surface area (Å²) in [5.41, 5.74) is 0. The lowest BCUT2D eigenvalue weighted by atomic mass is 10.0. The highest BCUT2D eigenvalue weighted by Crippen LogP contribution is 2.04. The number of carbonyl (C=O) groups is 1. The quantitative estimate of drug-likeness (QED) is 0.598. The minimum atomic E-state index is -0.732. The van der Waals surface area contributed by atoms with Crippen molar-refractivity contribution in [3.8, 4) is 0 Å². The zero-order valence-corrected chi connectivity index (χ0v) is 8.84. The van der Waals surface area contributed by atoms with Crippen LogP contribution in [0.5, 0.6) is 0 Å². The van der Waals surface area contributed by atoms with E-state index in [4.69, 9.17) is 5.11 Å². The van der Waals surface area contributed by atoms with Crippen molar-refractivity contribution in [2.75, 3.05) is 6.54 Å². The van der Waals surface area contributed by atoms with Crippen molar-refractivity contribution in [1.82, 2.24) is 5.32 Å². The monoisotopic (exact) mass is 187 g/mol. The highest BCUT2D eigenvalue weighted by molar-refractivity contribution is 5.73. The molecule has 1 atom stereocenters. The number of rotatable bonds is 7. The minimum Gasteiger partial charge on any atom is -0.480 e. The van der Waals surface area contributed by atoms with E-state index in [1.807, 2.05) is 13.8 Å². The van der Waals surface area contributed by atoms with Gasteiger partial charge in [0, 0.05) is 0 Å². The Hall–Kier alpha value is -0.570. The maximum absolute atomic E-state index is 10.8. The summed E-state index contributed by atoms with van der Waals surface area (Å²) in [4.78, 5) is 10.8. The second-order valence-electron chi connectivity index (χ2n) is 3.83. The molecular weight excluding hydrogens is 166 g/mol. The molecule has 0 spiro atoms. The molecule has 0 amide bonds. The van der Waals surface area contributed by atoms with Crippen LogP contribution in [0.15, 0.2) is 0 Å². The van der Waals surface area contributed by atoms with Crippen LogP contribution in [0, 0.1) is 5.92 Å². The molecule has 78 valence electrons. The summed E-state index contributed by atoms with van der Waals surface area (Å²) in [5.74, 6) is -0.306. The van der Waals surface area contributed by atoms with Crippen molar-refractivity contribution < 1.29 is 9.90 Å². The van der Waals surface area contributed by atoms with Gasteiger partial charge in [0.05, 0.1) is 0 Å². The van der Waals surface area contributed by atoms with Gasteiger partial charge in [0.2, 0.25) is 0 Å². The maximum atomic E-state index is 10.8. The lowest BCUT2D eigenvalue weighted by Gasteiger charge is -2.15. The fourth-order valence-corrected chi connectivity index (χ4v) is 1.20. The first-order chi connectivity index (χ1) is 6.07. The predicted molar refractivity (Wildman–Crippen MR) is 53.8 cm³/mol. The van der Waals surface area contributed by atoms with E-state index in [9.17, 15) is 4.79 Å². The zero-order valence-electron chi connectivity index (χ0n) is 8.84. The molecule has 0 aromatic heterocycles. The standard InChI is InChI=1S/C10H21NO2/c1-4-5-6-11-9(10(12)13)7-8(2)3/h8-9,11H,4-7H2,1-3H3,(H,12,13). The third-order valence-electron chi connectivity index (χ3n) is 1.93. The molecule has 0 aliphatic carbocycles. The van der Waals surface area contributed by atoms with Gasteiger partial charge >= 0.3 is 5.97 Å². The van der Waals surface area contributed by atoms with Gasteiger partial charge in [-0.3, -0.25) is 4.79 Å². The van der Waals surface area contributed by atoms with Crippen LogP contribution < -0.4 is 5.32 Å². The van der Waals surface area contributed by atoms with Gasteiger partial charge in [0.1, 0.15) is 6.04 Å².